The molecular weight excluding hydrogens is 373 g/mol. The van der Waals surface area contributed by atoms with Crippen LogP contribution in [-0.4, -0.2) is 61.5 Å². The van der Waals surface area contributed by atoms with Crippen molar-refractivity contribution in [3.8, 4) is 5.75 Å². The average molecular weight is 397 g/mol. The molecule has 29 heavy (non-hydrogen) atoms. The molecule has 1 fully saturated rings. The Morgan fingerprint density at radius 1 is 1.21 bits per heavy atom. The third kappa shape index (κ3) is 4.31. The van der Waals surface area contributed by atoms with E-state index < -0.39 is 0 Å². The van der Waals surface area contributed by atoms with E-state index >= 15 is 0 Å². The summed E-state index contributed by atoms with van der Waals surface area (Å²) in [7, 11) is 1.61. The van der Waals surface area contributed by atoms with Gasteiger partial charge in [0.1, 0.15) is 11.6 Å². The molecule has 0 unspecified atom stereocenters. The van der Waals surface area contributed by atoms with Crippen molar-refractivity contribution in [1.82, 2.24) is 9.91 Å². The lowest BCUT2D eigenvalue weighted by molar-refractivity contribution is -0.135. The molecule has 0 spiro atoms. The van der Waals surface area contributed by atoms with Gasteiger partial charge in [-0.2, -0.15) is 5.10 Å². The van der Waals surface area contributed by atoms with Crippen LogP contribution in [0.1, 0.15) is 23.6 Å². The van der Waals surface area contributed by atoms with Gasteiger partial charge in [-0.05, 0) is 29.8 Å². The maximum absolute atomic E-state index is 13.9. The molecule has 2 aliphatic heterocycles. The van der Waals surface area contributed by atoms with Gasteiger partial charge in [-0.15, -0.1) is 0 Å². The average Bonchev–Trinajstić information content (AvgIpc) is 3.20. The molecule has 6 nitrogen and oxygen atoms in total. The summed E-state index contributed by atoms with van der Waals surface area (Å²) in [6.45, 7) is 2.94. The Morgan fingerprint density at radius 2 is 2.00 bits per heavy atom. The number of rotatable bonds is 5. The summed E-state index contributed by atoms with van der Waals surface area (Å²) in [6, 6.07) is 13.6. The van der Waals surface area contributed by atoms with Crippen molar-refractivity contribution in [3.05, 3.63) is 65.5 Å². The quantitative estimate of drug-likeness (QED) is 0.779. The number of morpholine rings is 1. The summed E-state index contributed by atoms with van der Waals surface area (Å²) in [5, 5.41) is 6.17. The highest BCUT2D eigenvalue weighted by Crippen LogP contribution is 2.35. The summed E-state index contributed by atoms with van der Waals surface area (Å²) >= 11 is 0. The van der Waals surface area contributed by atoms with Gasteiger partial charge in [-0.1, -0.05) is 24.3 Å². The molecule has 1 amide bonds. The van der Waals surface area contributed by atoms with Gasteiger partial charge >= 0.3 is 0 Å². The van der Waals surface area contributed by atoms with Crippen molar-refractivity contribution in [1.29, 1.82) is 0 Å². The number of hydrazone groups is 1. The molecule has 0 aromatic heterocycles. The Balaban J connectivity index is 1.64. The molecule has 0 N–H and O–H groups in total. The van der Waals surface area contributed by atoms with Gasteiger partial charge in [0.05, 0.1) is 38.6 Å². The number of carbonyl (C=O) groups is 1. The van der Waals surface area contributed by atoms with Gasteiger partial charge in [-0.25, -0.2) is 9.40 Å². The van der Waals surface area contributed by atoms with Crippen LogP contribution in [0.4, 0.5) is 4.39 Å². The van der Waals surface area contributed by atoms with Gasteiger partial charge in [0.25, 0.3) is 5.91 Å². The summed E-state index contributed by atoms with van der Waals surface area (Å²) < 4.78 is 24.7. The minimum Gasteiger partial charge on any atom is -0.496 e. The number of para-hydroxylation sites is 1. The molecule has 1 saturated heterocycles. The van der Waals surface area contributed by atoms with Crippen molar-refractivity contribution in [2.45, 2.75) is 12.5 Å². The minimum atomic E-state index is -0.348. The van der Waals surface area contributed by atoms with Crippen LogP contribution < -0.4 is 4.74 Å². The van der Waals surface area contributed by atoms with Gasteiger partial charge in [0, 0.05) is 25.1 Å². The highest BCUT2D eigenvalue weighted by molar-refractivity contribution is 6.05. The monoisotopic (exact) mass is 397 g/mol. The van der Waals surface area contributed by atoms with Gasteiger partial charge in [0.2, 0.25) is 0 Å². The van der Waals surface area contributed by atoms with E-state index in [9.17, 15) is 9.18 Å². The van der Waals surface area contributed by atoms with Crippen LogP contribution in [0, 0.1) is 5.82 Å². The van der Waals surface area contributed by atoms with E-state index in [1.807, 2.05) is 30.3 Å². The number of ether oxygens (including phenoxy) is 2. The molecular formula is C22H24FN3O3. The first kappa shape index (κ1) is 19.5. The maximum atomic E-state index is 13.9. The first-order valence-corrected chi connectivity index (χ1v) is 9.74. The lowest BCUT2D eigenvalue weighted by Gasteiger charge is -2.29. The van der Waals surface area contributed by atoms with E-state index in [-0.39, 0.29) is 24.3 Å². The summed E-state index contributed by atoms with van der Waals surface area (Å²) in [5.41, 5.74) is 2.33. The van der Waals surface area contributed by atoms with Crippen molar-refractivity contribution in [2.24, 2.45) is 5.10 Å². The van der Waals surface area contributed by atoms with Crippen LogP contribution in [0.25, 0.3) is 0 Å². The first-order valence-electron chi connectivity index (χ1n) is 9.74. The zero-order valence-corrected chi connectivity index (χ0v) is 16.4. The van der Waals surface area contributed by atoms with Crippen molar-refractivity contribution in [3.63, 3.8) is 0 Å². The summed E-state index contributed by atoms with van der Waals surface area (Å²) in [5.74, 6) is 0.270. The summed E-state index contributed by atoms with van der Waals surface area (Å²) in [4.78, 5) is 15.2. The van der Waals surface area contributed by atoms with Crippen LogP contribution in [0.15, 0.2) is 53.6 Å². The van der Waals surface area contributed by atoms with Crippen LogP contribution in [0.2, 0.25) is 0 Å². The molecule has 4 rings (SSSR count). The molecule has 0 aliphatic carbocycles. The predicted molar refractivity (Wildman–Crippen MR) is 107 cm³/mol. The first-order chi connectivity index (χ1) is 14.2. The number of hydrogen-bond acceptors (Lipinski definition) is 5. The smallest absolute Gasteiger partial charge is 0.257 e. The Hall–Kier alpha value is -2.77. The molecule has 152 valence electrons. The van der Waals surface area contributed by atoms with E-state index in [2.05, 4.69) is 10.0 Å². The van der Waals surface area contributed by atoms with E-state index in [0.29, 0.717) is 38.5 Å². The zero-order valence-electron chi connectivity index (χ0n) is 16.4. The van der Waals surface area contributed by atoms with Gasteiger partial charge in [-0.3, -0.25) is 9.69 Å². The largest absolute Gasteiger partial charge is 0.496 e. The Bertz CT molecular complexity index is 912. The second-order valence-corrected chi connectivity index (χ2v) is 7.15. The Labute approximate surface area is 169 Å². The van der Waals surface area contributed by atoms with Crippen LogP contribution >= 0.6 is 0 Å². The van der Waals surface area contributed by atoms with Gasteiger partial charge < -0.3 is 9.47 Å². The summed E-state index contributed by atoms with van der Waals surface area (Å²) in [6.07, 6.45) is 0.499. The molecule has 2 heterocycles. The predicted octanol–water partition coefficient (Wildman–Crippen LogP) is 2.84. The fraction of sp³-hybridized carbons (Fsp3) is 0.364. The fourth-order valence-electron chi connectivity index (χ4n) is 3.78. The number of halogens is 1. The third-order valence-electron chi connectivity index (χ3n) is 5.28. The topological polar surface area (TPSA) is 54.4 Å². The minimum absolute atomic E-state index is 0.106. The number of hydrogen-bond donors (Lipinski definition) is 0. The van der Waals surface area contributed by atoms with Crippen LogP contribution in [0.3, 0.4) is 0 Å². The Morgan fingerprint density at radius 3 is 2.76 bits per heavy atom. The van der Waals surface area contributed by atoms with Crippen molar-refractivity contribution < 1.29 is 18.7 Å². The zero-order chi connectivity index (χ0) is 20.2. The fourth-order valence-corrected chi connectivity index (χ4v) is 3.78. The molecule has 2 aromatic rings. The van der Waals surface area contributed by atoms with Crippen LogP contribution in [0.5, 0.6) is 5.75 Å². The lowest BCUT2D eigenvalue weighted by Crippen LogP contribution is -2.43. The second-order valence-electron chi connectivity index (χ2n) is 7.15. The third-order valence-corrected chi connectivity index (χ3v) is 5.28. The van der Waals surface area contributed by atoms with Crippen molar-refractivity contribution in [2.75, 3.05) is 40.0 Å². The van der Waals surface area contributed by atoms with E-state index in [4.69, 9.17) is 9.47 Å². The lowest BCUT2D eigenvalue weighted by atomic mass is 9.98. The number of benzene rings is 2. The van der Waals surface area contributed by atoms with Gasteiger partial charge in [0.15, 0.2) is 0 Å². The SMILES string of the molecule is COc1ccccc1C1=NN(C(=O)CN2CCOCC2)[C@@H](c2cccc(F)c2)C1. The van der Waals surface area contributed by atoms with Crippen LogP contribution in [-0.2, 0) is 9.53 Å². The number of carbonyl (C=O) groups excluding carboxylic acids is 1. The molecule has 0 radical (unpaired) electrons. The molecule has 7 heteroatoms. The molecule has 1 atom stereocenters. The van der Waals surface area contributed by atoms with E-state index in [1.165, 1.54) is 17.1 Å². The van der Waals surface area contributed by atoms with E-state index in [1.54, 1.807) is 13.2 Å². The number of methoxy groups -OCH3 is 1. The Kier molecular flexibility index (Phi) is 5.87. The molecule has 2 aromatic carbocycles. The second kappa shape index (κ2) is 8.71. The molecule has 2 aliphatic rings. The maximum Gasteiger partial charge on any atom is 0.257 e. The molecule has 0 saturated carbocycles. The number of amides is 1. The van der Waals surface area contributed by atoms with E-state index in [0.717, 1.165) is 16.8 Å². The number of nitrogens with zero attached hydrogens (tertiary/aromatic N) is 3. The highest BCUT2D eigenvalue weighted by Gasteiger charge is 2.34. The molecule has 0 bridgehead atoms. The highest BCUT2D eigenvalue weighted by atomic mass is 19.1. The van der Waals surface area contributed by atoms with Crippen molar-refractivity contribution >= 4 is 11.6 Å². The normalized spacial score (nSPS) is 19.9. The standard InChI is InChI=1S/C22H24FN3O3/c1-28-21-8-3-2-7-18(21)19-14-20(16-5-4-6-17(23)13-16)26(24-19)22(27)15-25-9-11-29-12-10-25/h2-8,13,20H,9-12,14-15H2,1H3/t20-/m1/s1.